The Morgan fingerprint density at radius 3 is 2.44 bits per heavy atom. The number of rotatable bonds is 4. The standard InChI is InChI=1S/C16H22/c1-6-9-10-14-11-12(4)15(7-2)16(8-3)13(14)5/h7,9-11H,2,6,8H2,1,3-5H3/b10-9-. The molecule has 0 amide bonds. The van der Waals surface area contributed by atoms with Gasteiger partial charge in [-0.2, -0.15) is 0 Å². The average molecular weight is 214 g/mol. The van der Waals surface area contributed by atoms with E-state index in [0.29, 0.717) is 0 Å². The molecule has 0 atom stereocenters. The van der Waals surface area contributed by atoms with E-state index >= 15 is 0 Å². The van der Waals surface area contributed by atoms with E-state index in [4.69, 9.17) is 0 Å². The Morgan fingerprint density at radius 1 is 1.25 bits per heavy atom. The lowest BCUT2D eigenvalue weighted by molar-refractivity contribution is 1.09. The summed E-state index contributed by atoms with van der Waals surface area (Å²) in [5, 5.41) is 0. The van der Waals surface area contributed by atoms with Crippen molar-refractivity contribution in [1.82, 2.24) is 0 Å². The second-order valence-electron chi connectivity index (χ2n) is 4.17. The molecule has 86 valence electrons. The van der Waals surface area contributed by atoms with E-state index in [9.17, 15) is 0 Å². The van der Waals surface area contributed by atoms with E-state index in [-0.39, 0.29) is 0 Å². The third-order valence-corrected chi connectivity index (χ3v) is 3.10. The van der Waals surface area contributed by atoms with Crippen molar-refractivity contribution in [2.75, 3.05) is 0 Å². The van der Waals surface area contributed by atoms with Gasteiger partial charge in [0.05, 0.1) is 0 Å². The van der Waals surface area contributed by atoms with E-state index in [1.165, 1.54) is 27.8 Å². The van der Waals surface area contributed by atoms with Crippen molar-refractivity contribution >= 4 is 12.2 Å². The molecule has 0 aliphatic heterocycles. The van der Waals surface area contributed by atoms with E-state index in [1.54, 1.807) is 0 Å². The van der Waals surface area contributed by atoms with Crippen LogP contribution in [0.15, 0.2) is 18.7 Å². The fraction of sp³-hybridized carbons (Fsp3) is 0.375. The fourth-order valence-corrected chi connectivity index (χ4v) is 2.19. The van der Waals surface area contributed by atoms with Crippen molar-refractivity contribution in [3.63, 3.8) is 0 Å². The second-order valence-corrected chi connectivity index (χ2v) is 4.17. The molecule has 0 aromatic heterocycles. The summed E-state index contributed by atoms with van der Waals surface area (Å²) in [4.78, 5) is 0. The van der Waals surface area contributed by atoms with Gasteiger partial charge in [-0.15, -0.1) is 0 Å². The average Bonchev–Trinajstić information content (AvgIpc) is 2.29. The summed E-state index contributed by atoms with van der Waals surface area (Å²) in [7, 11) is 0. The molecule has 0 heterocycles. The molecule has 0 aliphatic carbocycles. The molecule has 0 unspecified atom stereocenters. The summed E-state index contributed by atoms with van der Waals surface area (Å²) >= 11 is 0. The van der Waals surface area contributed by atoms with Crippen LogP contribution in [-0.4, -0.2) is 0 Å². The lowest BCUT2D eigenvalue weighted by atomic mass is 9.91. The Hall–Kier alpha value is -1.30. The van der Waals surface area contributed by atoms with Crippen LogP contribution in [0.4, 0.5) is 0 Å². The molecule has 0 nitrogen and oxygen atoms in total. The maximum atomic E-state index is 3.92. The van der Waals surface area contributed by atoms with E-state index in [2.05, 4.69) is 52.5 Å². The van der Waals surface area contributed by atoms with Gasteiger partial charge in [0.25, 0.3) is 0 Å². The molecule has 0 heteroatoms. The third kappa shape index (κ3) is 2.44. The molecular formula is C16H22. The van der Waals surface area contributed by atoms with Crippen LogP contribution in [0, 0.1) is 13.8 Å². The fourth-order valence-electron chi connectivity index (χ4n) is 2.19. The molecule has 0 saturated carbocycles. The first kappa shape index (κ1) is 12.8. The summed E-state index contributed by atoms with van der Waals surface area (Å²) in [5.74, 6) is 0. The molecule has 0 radical (unpaired) electrons. The van der Waals surface area contributed by atoms with E-state index < -0.39 is 0 Å². The zero-order valence-corrected chi connectivity index (χ0v) is 10.9. The summed E-state index contributed by atoms with van der Waals surface area (Å²) in [6.45, 7) is 12.7. The van der Waals surface area contributed by atoms with Gasteiger partial charge in [0.2, 0.25) is 0 Å². The van der Waals surface area contributed by atoms with Crippen LogP contribution in [0.3, 0.4) is 0 Å². The highest BCUT2D eigenvalue weighted by Crippen LogP contribution is 2.25. The minimum atomic E-state index is 1.07. The Morgan fingerprint density at radius 2 is 1.94 bits per heavy atom. The van der Waals surface area contributed by atoms with Gasteiger partial charge in [-0.3, -0.25) is 0 Å². The van der Waals surface area contributed by atoms with E-state index in [1.807, 2.05) is 6.08 Å². The van der Waals surface area contributed by atoms with Crippen LogP contribution < -0.4 is 0 Å². The zero-order valence-electron chi connectivity index (χ0n) is 10.9. The Bertz CT molecular complexity index is 409. The summed E-state index contributed by atoms with van der Waals surface area (Å²) in [6.07, 6.45) is 8.59. The van der Waals surface area contributed by atoms with Crippen LogP contribution in [0.1, 0.15) is 48.1 Å². The molecule has 0 saturated heterocycles. The van der Waals surface area contributed by atoms with Crippen LogP contribution in [0.2, 0.25) is 0 Å². The number of hydrogen-bond donors (Lipinski definition) is 0. The highest BCUT2D eigenvalue weighted by Gasteiger charge is 2.08. The lowest BCUT2D eigenvalue weighted by Gasteiger charge is -2.14. The van der Waals surface area contributed by atoms with Gasteiger partial charge in [0.15, 0.2) is 0 Å². The molecule has 1 rings (SSSR count). The molecule has 1 aromatic rings. The number of allylic oxidation sites excluding steroid dienone is 1. The van der Waals surface area contributed by atoms with Crippen molar-refractivity contribution in [2.24, 2.45) is 0 Å². The minimum Gasteiger partial charge on any atom is -0.0984 e. The molecular weight excluding hydrogens is 192 g/mol. The van der Waals surface area contributed by atoms with Crippen molar-refractivity contribution < 1.29 is 0 Å². The van der Waals surface area contributed by atoms with Crippen molar-refractivity contribution in [3.05, 3.63) is 46.5 Å². The third-order valence-electron chi connectivity index (χ3n) is 3.10. The molecule has 16 heavy (non-hydrogen) atoms. The van der Waals surface area contributed by atoms with Gasteiger partial charge < -0.3 is 0 Å². The normalized spacial score (nSPS) is 11.0. The highest BCUT2D eigenvalue weighted by atomic mass is 14.1. The van der Waals surface area contributed by atoms with Gasteiger partial charge in [-0.05, 0) is 54.5 Å². The molecule has 0 fully saturated rings. The van der Waals surface area contributed by atoms with E-state index in [0.717, 1.165) is 12.8 Å². The Labute approximate surface area is 99.7 Å². The number of benzene rings is 1. The van der Waals surface area contributed by atoms with Gasteiger partial charge in [-0.25, -0.2) is 0 Å². The largest absolute Gasteiger partial charge is 0.0984 e. The predicted octanol–water partition coefficient (Wildman–Crippen LogP) is 4.93. The van der Waals surface area contributed by atoms with Gasteiger partial charge in [0, 0.05) is 0 Å². The van der Waals surface area contributed by atoms with Crippen LogP contribution in [-0.2, 0) is 6.42 Å². The number of hydrogen-bond acceptors (Lipinski definition) is 0. The topological polar surface area (TPSA) is 0 Å². The maximum Gasteiger partial charge on any atom is -0.0198 e. The van der Waals surface area contributed by atoms with Crippen LogP contribution in [0.25, 0.3) is 12.2 Å². The molecule has 0 N–H and O–H groups in total. The first-order chi connectivity index (χ1) is 7.65. The molecule has 0 bridgehead atoms. The number of aryl methyl sites for hydroxylation is 1. The minimum absolute atomic E-state index is 1.07. The quantitative estimate of drug-likeness (QED) is 0.666. The Kier molecular flexibility index (Phi) is 4.54. The zero-order chi connectivity index (χ0) is 12.1. The van der Waals surface area contributed by atoms with Gasteiger partial charge in [-0.1, -0.05) is 44.7 Å². The summed E-state index contributed by atoms with van der Waals surface area (Å²) in [5.41, 5.74) is 6.82. The maximum absolute atomic E-state index is 3.92. The lowest BCUT2D eigenvalue weighted by Crippen LogP contribution is -1.97. The van der Waals surface area contributed by atoms with Gasteiger partial charge >= 0.3 is 0 Å². The van der Waals surface area contributed by atoms with Crippen molar-refractivity contribution in [1.29, 1.82) is 0 Å². The smallest absolute Gasteiger partial charge is 0.0198 e. The summed E-state index contributed by atoms with van der Waals surface area (Å²) in [6, 6.07) is 2.26. The first-order valence-electron chi connectivity index (χ1n) is 6.07. The first-order valence-corrected chi connectivity index (χ1v) is 6.07. The monoisotopic (exact) mass is 214 g/mol. The predicted molar refractivity (Wildman–Crippen MR) is 74.7 cm³/mol. The molecule has 1 aromatic carbocycles. The summed E-state index contributed by atoms with van der Waals surface area (Å²) < 4.78 is 0. The Balaban J connectivity index is 3.39. The van der Waals surface area contributed by atoms with Gasteiger partial charge in [0.1, 0.15) is 0 Å². The van der Waals surface area contributed by atoms with Crippen LogP contribution >= 0.6 is 0 Å². The highest BCUT2D eigenvalue weighted by molar-refractivity contribution is 5.66. The molecule has 0 spiro atoms. The van der Waals surface area contributed by atoms with Crippen molar-refractivity contribution in [2.45, 2.75) is 40.5 Å². The van der Waals surface area contributed by atoms with Crippen LogP contribution in [0.5, 0.6) is 0 Å². The van der Waals surface area contributed by atoms with Crippen molar-refractivity contribution in [3.8, 4) is 0 Å². The second kappa shape index (κ2) is 5.69. The SMILES string of the molecule is C=Cc1c(C)cc(/C=C\CC)c(C)c1CC. The molecule has 0 aliphatic rings.